The zero-order valence-corrected chi connectivity index (χ0v) is 14.5. The Kier molecular flexibility index (Phi) is 6.46. The van der Waals surface area contributed by atoms with Gasteiger partial charge in [-0.25, -0.2) is 8.42 Å². The van der Waals surface area contributed by atoms with Crippen LogP contribution in [0.15, 0.2) is 17.0 Å². The van der Waals surface area contributed by atoms with E-state index in [1.165, 1.54) is 17.5 Å². The van der Waals surface area contributed by atoms with Crippen molar-refractivity contribution in [3.63, 3.8) is 0 Å². The van der Waals surface area contributed by atoms with Crippen LogP contribution in [0.4, 0.5) is 0 Å². The van der Waals surface area contributed by atoms with Crippen LogP contribution in [0.2, 0.25) is 5.02 Å². The SMILES string of the molecule is CCCC(C)N(C)S(=O)(=O)c1cc(Cl)cc(CN)c1OC. The molecule has 0 aliphatic carbocycles. The van der Waals surface area contributed by atoms with Gasteiger partial charge in [0.1, 0.15) is 10.6 Å². The lowest BCUT2D eigenvalue weighted by Crippen LogP contribution is -2.35. The second-order valence-corrected chi connectivity index (χ2v) is 7.36. The summed E-state index contributed by atoms with van der Waals surface area (Å²) in [6.45, 7) is 4.05. The van der Waals surface area contributed by atoms with Gasteiger partial charge in [-0.05, 0) is 25.5 Å². The summed E-state index contributed by atoms with van der Waals surface area (Å²) in [5.74, 6) is 0.262. The van der Waals surface area contributed by atoms with Gasteiger partial charge in [-0.3, -0.25) is 0 Å². The van der Waals surface area contributed by atoms with Gasteiger partial charge in [0.15, 0.2) is 0 Å². The van der Waals surface area contributed by atoms with E-state index >= 15 is 0 Å². The number of halogens is 1. The molecule has 0 fully saturated rings. The third-order valence-electron chi connectivity index (χ3n) is 3.50. The first-order chi connectivity index (χ1) is 9.79. The summed E-state index contributed by atoms with van der Waals surface area (Å²) in [5.41, 5.74) is 6.21. The molecule has 0 saturated carbocycles. The number of rotatable bonds is 7. The molecule has 1 atom stereocenters. The number of methoxy groups -OCH3 is 1. The molecule has 2 N–H and O–H groups in total. The van der Waals surface area contributed by atoms with Crippen molar-refractivity contribution in [1.82, 2.24) is 4.31 Å². The monoisotopic (exact) mass is 334 g/mol. The first-order valence-electron chi connectivity index (χ1n) is 6.84. The van der Waals surface area contributed by atoms with Crippen LogP contribution in [-0.4, -0.2) is 32.9 Å². The highest BCUT2D eigenvalue weighted by Crippen LogP contribution is 2.33. The number of sulfonamides is 1. The third kappa shape index (κ3) is 3.88. The summed E-state index contributed by atoms with van der Waals surface area (Å²) in [4.78, 5) is 0.0587. The Hall–Kier alpha value is -0.820. The Labute approximate surface area is 132 Å². The van der Waals surface area contributed by atoms with Crippen molar-refractivity contribution < 1.29 is 13.2 Å². The van der Waals surface area contributed by atoms with Crippen LogP contribution in [0.25, 0.3) is 0 Å². The molecule has 1 aromatic carbocycles. The summed E-state index contributed by atoms with van der Waals surface area (Å²) >= 11 is 6.02. The molecule has 0 aromatic heterocycles. The van der Waals surface area contributed by atoms with E-state index in [9.17, 15) is 8.42 Å². The van der Waals surface area contributed by atoms with Crippen molar-refractivity contribution in [2.75, 3.05) is 14.2 Å². The van der Waals surface area contributed by atoms with Crippen molar-refractivity contribution in [1.29, 1.82) is 0 Å². The van der Waals surface area contributed by atoms with Gasteiger partial charge < -0.3 is 10.5 Å². The van der Waals surface area contributed by atoms with Crippen LogP contribution in [0.3, 0.4) is 0 Å². The molecular formula is C14H23ClN2O3S. The van der Waals surface area contributed by atoms with Crippen molar-refractivity contribution >= 4 is 21.6 Å². The number of benzene rings is 1. The molecule has 1 unspecified atom stereocenters. The predicted octanol–water partition coefficient (Wildman–Crippen LogP) is 2.62. The van der Waals surface area contributed by atoms with Gasteiger partial charge in [0, 0.05) is 30.2 Å². The maximum atomic E-state index is 12.8. The molecule has 1 rings (SSSR count). The molecule has 5 nitrogen and oxygen atoms in total. The van der Waals surface area contributed by atoms with Crippen molar-refractivity contribution in [3.8, 4) is 5.75 Å². The highest BCUT2D eigenvalue weighted by molar-refractivity contribution is 7.89. The van der Waals surface area contributed by atoms with Crippen LogP contribution in [0.5, 0.6) is 5.75 Å². The minimum atomic E-state index is -3.69. The smallest absolute Gasteiger partial charge is 0.246 e. The molecule has 7 heteroatoms. The largest absolute Gasteiger partial charge is 0.495 e. The molecule has 1 aromatic rings. The fourth-order valence-electron chi connectivity index (χ4n) is 2.19. The molecule has 0 radical (unpaired) electrons. The summed E-state index contributed by atoms with van der Waals surface area (Å²) in [6, 6.07) is 2.92. The molecule has 0 bridgehead atoms. The summed E-state index contributed by atoms with van der Waals surface area (Å²) in [5, 5.41) is 0.325. The number of hydrogen-bond donors (Lipinski definition) is 1. The van der Waals surface area contributed by atoms with Crippen LogP contribution in [-0.2, 0) is 16.6 Å². The molecule has 0 saturated heterocycles. The Balaban J connectivity index is 3.40. The molecule has 120 valence electrons. The Morgan fingerprint density at radius 1 is 1.43 bits per heavy atom. The van der Waals surface area contributed by atoms with E-state index in [-0.39, 0.29) is 23.2 Å². The van der Waals surface area contributed by atoms with Gasteiger partial charge in [0.05, 0.1) is 7.11 Å². The van der Waals surface area contributed by atoms with E-state index in [2.05, 4.69) is 0 Å². The fraction of sp³-hybridized carbons (Fsp3) is 0.571. The van der Waals surface area contributed by atoms with E-state index < -0.39 is 10.0 Å². The number of nitrogens with two attached hydrogens (primary N) is 1. The van der Waals surface area contributed by atoms with Gasteiger partial charge in [0.25, 0.3) is 0 Å². The van der Waals surface area contributed by atoms with E-state index in [0.29, 0.717) is 10.6 Å². The third-order valence-corrected chi connectivity index (χ3v) is 5.70. The Bertz CT molecular complexity index is 590. The lowest BCUT2D eigenvalue weighted by Gasteiger charge is -2.25. The van der Waals surface area contributed by atoms with Crippen molar-refractivity contribution in [2.24, 2.45) is 5.73 Å². The highest BCUT2D eigenvalue weighted by atomic mass is 35.5. The van der Waals surface area contributed by atoms with Crippen LogP contribution >= 0.6 is 11.6 Å². The first-order valence-corrected chi connectivity index (χ1v) is 8.65. The van der Waals surface area contributed by atoms with Crippen molar-refractivity contribution in [2.45, 2.75) is 44.2 Å². The minimum Gasteiger partial charge on any atom is -0.495 e. The van der Waals surface area contributed by atoms with Gasteiger partial charge in [0.2, 0.25) is 10.0 Å². The molecule has 0 aliphatic heterocycles. The topological polar surface area (TPSA) is 72.6 Å². The summed E-state index contributed by atoms with van der Waals surface area (Å²) in [7, 11) is -0.695. The zero-order valence-electron chi connectivity index (χ0n) is 12.9. The average Bonchev–Trinajstić information content (AvgIpc) is 2.45. The van der Waals surface area contributed by atoms with E-state index in [1.54, 1.807) is 13.1 Å². The van der Waals surface area contributed by atoms with Gasteiger partial charge in [-0.15, -0.1) is 0 Å². The standard InChI is InChI=1S/C14H23ClN2O3S/c1-5-6-10(2)17(3)21(18,19)13-8-12(15)7-11(9-16)14(13)20-4/h7-8,10H,5-6,9,16H2,1-4H3. The molecule has 0 spiro atoms. The summed E-state index contributed by atoms with van der Waals surface area (Å²) in [6.07, 6.45) is 1.68. The fourth-order valence-corrected chi connectivity index (χ4v) is 4.11. The molecule has 21 heavy (non-hydrogen) atoms. The molecular weight excluding hydrogens is 312 g/mol. The second-order valence-electron chi connectivity index (χ2n) is 4.96. The van der Waals surface area contributed by atoms with Crippen LogP contribution < -0.4 is 10.5 Å². The Morgan fingerprint density at radius 3 is 2.52 bits per heavy atom. The van der Waals surface area contributed by atoms with E-state index in [0.717, 1.165) is 12.8 Å². The van der Waals surface area contributed by atoms with Gasteiger partial charge in [-0.2, -0.15) is 4.31 Å². The second kappa shape index (κ2) is 7.45. The maximum absolute atomic E-state index is 12.8. The van der Waals surface area contributed by atoms with Crippen LogP contribution in [0.1, 0.15) is 32.3 Å². The Morgan fingerprint density at radius 2 is 2.05 bits per heavy atom. The van der Waals surface area contributed by atoms with E-state index in [1.807, 2.05) is 13.8 Å². The molecule has 0 aliphatic rings. The quantitative estimate of drug-likeness (QED) is 0.832. The average molecular weight is 335 g/mol. The maximum Gasteiger partial charge on any atom is 0.246 e. The van der Waals surface area contributed by atoms with Crippen molar-refractivity contribution in [3.05, 3.63) is 22.7 Å². The zero-order chi connectivity index (χ0) is 16.2. The molecule has 0 amide bonds. The number of ether oxygens (including phenoxy) is 1. The predicted molar refractivity (Wildman–Crippen MR) is 85.2 cm³/mol. The first kappa shape index (κ1) is 18.2. The normalized spacial score (nSPS) is 13.5. The number of hydrogen-bond acceptors (Lipinski definition) is 4. The summed E-state index contributed by atoms with van der Waals surface area (Å²) < 4.78 is 32.2. The number of nitrogens with zero attached hydrogens (tertiary/aromatic N) is 1. The lowest BCUT2D eigenvalue weighted by atomic mass is 10.2. The van der Waals surface area contributed by atoms with Gasteiger partial charge in [-0.1, -0.05) is 24.9 Å². The van der Waals surface area contributed by atoms with E-state index in [4.69, 9.17) is 22.1 Å². The van der Waals surface area contributed by atoms with Gasteiger partial charge >= 0.3 is 0 Å². The minimum absolute atomic E-state index is 0.0587. The van der Waals surface area contributed by atoms with Crippen LogP contribution in [0, 0.1) is 0 Å². The lowest BCUT2D eigenvalue weighted by molar-refractivity contribution is 0.361. The highest BCUT2D eigenvalue weighted by Gasteiger charge is 2.29. The molecule has 0 heterocycles.